The minimum Gasteiger partial charge on any atom is -0.495 e. The fraction of sp³-hybridized carbons (Fsp3) is 0.381. The summed E-state index contributed by atoms with van der Waals surface area (Å²) in [5.74, 6) is 0.613. The maximum absolute atomic E-state index is 12.5. The Morgan fingerprint density at radius 1 is 1.00 bits per heavy atom. The predicted octanol–water partition coefficient (Wildman–Crippen LogP) is 3.15. The number of nitrogens with zero attached hydrogens (tertiary/aromatic N) is 1. The van der Waals surface area contributed by atoms with Crippen molar-refractivity contribution in [3.05, 3.63) is 54.4 Å². The van der Waals surface area contributed by atoms with Gasteiger partial charge in [-0.3, -0.25) is 14.6 Å². The Morgan fingerprint density at radius 3 is 2.30 bits per heavy atom. The zero-order valence-electron chi connectivity index (χ0n) is 15.5. The average molecular weight is 367 g/mol. The van der Waals surface area contributed by atoms with Gasteiger partial charge >= 0.3 is 0 Å². The molecule has 2 aromatic rings. The van der Waals surface area contributed by atoms with E-state index in [2.05, 4.69) is 15.6 Å². The van der Waals surface area contributed by atoms with Crippen molar-refractivity contribution in [3.63, 3.8) is 0 Å². The molecule has 1 aliphatic rings. The lowest BCUT2D eigenvalue weighted by Gasteiger charge is -2.27. The number of para-hydroxylation sites is 2. The topological polar surface area (TPSA) is 80.3 Å². The number of methoxy groups -OCH3 is 1. The van der Waals surface area contributed by atoms with Crippen molar-refractivity contribution in [2.75, 3.05) is 12.4 Å². The van der Waals surface area contributed by atoms with Crippen LogP contribution in [0.5, 0.6) is 5.75 Å². The van der Waals surface area contributed by atoms with Gasteiger partial charge in [0.1, 0.15) is 5.75 Å². The Balaban J connectivity index is 1.46. The molecular weight excluding hydrogens is 342 g/mol. The second-order valence-electron chi connectivity index (χ2n) is 6.81. The van der Waals surface area contributed by atoms with Gasteiger partial charge in [-0.1, -0.05) is 12.1 Å². The van der Waals surface area contributed by atoms with Crippen LogP contribution in [0.1, 0.15) is 31.2 Å². The van der Waals surface area contributed by atoms with Crippen LogP contribution >= 0.6 is 0 Å². The molecule has 142 valence electrons. The minimum absolute atomic E-state index is 0.00450. The molecule has 3 rings (SSSR count). The van der Waals surface area contributed by atoms with Crippen LogP contribution in [0.2, 0.25) is 0 Å². The highest BCUT2D eigenvalue weighted by molar-refractivity contribution is 5.94. The van der Waals surface area contributed by atoms with E-state index in [1.54, 1.807) is 19.5 Å². The van der Waals surface area contributed by atoms with Crippen LogP contribution in [-0.4, -0.2) is 23.9 Å². The Morgan fingerprint density at radius 2 is 1.63 bits per heavy atom. The monoisotopic (exact) mass is 367 g/mol. The summed E-state index contributed by atoms with van der Waals surface area (Å²) in [6.07, 6.45) is 6.32. The van der Waals surface area contributed by atoms with Gasteiger partial charge in [-0.05, 0) is 55.5 Å². The number of ether oxygens (including phenoxy) is 1. The van der Waals surface area contributed by atoms with E-state index in [0.717, 1.165) is 18.4 Å². The summed E-state index contributed by atoms with van der Waals surface area (Å²) in [6.45, 7) is 0.509. The van der Waals surface area contributed by atoms with Crippen LogP contribution in [0.15, 0.2) is 48.8 Å². The van der Waals surface area contributed by atoms with Gasteiger partial charge in [-0.2, -0.15) is 0 Å². The number of anilines is 1. The van der Waals surface area contributed by atoms with Crippen LogP contribution in [-0.2, 0) is 16.1 Å². The van der Waals surface area contributed by atoms with Gasteiger partial charge in [0, 0.05) is 30.8 Å². The quantitative estimate of drug-likeness (QED) is 0.822. The molecule has 0 bridgehead atoms. The van der Waals surface area contributed by atoms with Crippen molar-refractivity contribution in [1.82, 2.24) is 10.3 Å². The lowest BCUT2D eigenvalue weighted by molar-refractivity contribution is -0.128. The summed E-state index contributed by atoms with van der Waals surface area (Å²) < 4.78 is 5.27. The highest BCUT2D eigenvalue weighted by Crippen LogP contribution is 2.31. The number of nitrogens with one attached hydrogen (secondary N) is 2. The third kappa shape index (κ3) is 5.06. The number of hydrogen-bond donors (Lipinski definition) is 2. The van der Waals surface area contributed by atoms with Crippen molar-refractivity contribution in [2.45, 2.75) is 32.2 Å². The van der Waals surface area contributed by atoms with Crippen LogP contribution in [0.25, 0.3) is 0 Å². The van der Waals surface area contributed by atoms with Crippen LogP contribution < -0.4 is 15.4 Å². The van der Waals surface area contributed by atoms with E-state index in [9.17, 15) is 9.59 Å². The molecular formula is C21H25N3O3. The summed E-state index contributed by atoms with van der Waals surface area (Å²) in [5.41, 5.74) is 1.71. The fourth-order valence-electron chi connectivity index (χ4n) is 3.43. The molecule has 1 aliphatic carbocycles. The lowest BCUT2D eigenvalue weighted by Crippen LogP contribution is -2.35. The Labute approximate surface area is 159 Å². The summed E-state index contributed by atoms with van der Waals surface area (Å²) in [4.78, 5) is 28.9. The SMILES string of the molecule is COc1ccccc1NC(=O)C1CCC(C(=O)NCc2ccncc2)CC1. The number of benzene rings is 1. The number of pyridine rings is 1. The van der Waals surface area contributed by atoms with Gasteiger partial charge in [0.2, 0.25) is 11.8 Å². The van der Waals surface area contributed by atoms with Gasteiger partial charge in [0.25, 0.3) is 0 Å². The van der Waals surface area contributed by atoms with Gasteiger partial charge in [0.15, 0.2) is 0 Å². The molecule has 27 heavy (non-hydrogen) atoms. The maximum atomic E-state index is 12.5. The van der Waals surface area contributed by atoms with Crippen molar-refractivity contribution < 1.29 is 14.3 Å². The average Bonchev–Trinajstić information content (AvgIpc) is 2.73. The van der Waals surface area contributed by atoms with Crippen molar-refractivity contribution >= 4 is 17.5 Å². The predicted molar refractivity (Wildman–Crippen MR) is 103 cm³/mol. The molecule has 0 radical (unpaired) electrons. The molecule has 6 heteroatoms. The van der Waals surface area contributed by atoms with E-state index < -0.39 is 0 Å². The van der Waals surface area contributed by atoms with E-state index in [-0.39, 0.29) is 23.7 Å². The summed E-state index contributed by atoms with van der Waals surface area (Å²) in [5, 5.41) is 5.94. The Bertz CT molecular complexity index is 771. The van der Waals surface area contributed by atoms with Crippen molar-refractivity contribution in [1.29, 1.82) is 0 Å². The first-order valence-electron chi connectivity index (χ1n) is 9.28. The molecule has 0 spiro atoms. The van der Waals surface area contributed by atoms with Crippen molar-refractivity contribution in [3.8, 4) is 5.75 Å². The normalized spacial score (nSPS) is 19.1. The molecule has 2 N–H and O–H groups in total. The number of hydrogen-bond acceptors (Lipinski definition) is 4. The first-order chi connectivity index (χ1) is 13.2. The first kappa shape index (κ1) is 18.9. The molecule has 1 fully saturated rings. The third-order valence-corrected chi connectivity index (χ3v) is 5.05. The van der Waals surface area contributed by atoms with Gasteiger partial charge in [0.05, 0.1) is 12.8 Å². The zero-order chi connectivity index (χ0) is 19.1. The largest absolute Gasteiger partial charge is 0.495 e. The number of rotatable bonds is 6. The lowest BCUT2D eigenvalue weighted by atomic mass is 9.81. The second-order valence-corrected chi connectivity index (χ2v) is 6.81. The van der Waals surface area contributed by atoms with E-state index in [0.29, 0.717) is 30.8 Å². The standard InChI is InChI=1S/C21H25N3O3/c1-27-19-5-3-2-4-18(19)24-21(26)17-8-6-16(7-9-17)20(25)23-14-15-10-12-22-13-11-15/h2-5,10-13,16-17H,6-9,14H2,1H3,(H,23,25)(H,24,26). The summed E-state index contributed by atoms with van der Waals surface area (Å²) >= 11 is 0. The van der Waals surface area contributed by atoms with E-state index in [1.807, 2.05) is 36.4 Å². The smallest absolute Gasteiger partial charge is 0.227 e. The molecule has 1 aromatic carbocycles. The summed E-state index contributed by atoms with van der Waals surface area (Å²) in [7, 11) is 1.58. The molecule has 0 unspecified atom stereocenters. The third-order valence-electron chi connectivity index (χ3n) is 5.05. The zero-order valence-corrected chi connectivity index (χ0v) is 15.5. The highest BCUT2D eigenvalue weighted by atomic mass is 16.5. The van der Waals surface area contributed by atoms with E-state index in [4.69, 9.17) is 4.74 Å². The van der Waals surface area contributed by atoms with E-state index in [1.165, 1.54) is 0 Å². The van der Waals surface area contributed by atoms with Crippen LogP contribution in [0.3, 0.4) is 0 Å². The molecule has 0 aliphatic heterocycles. The van der Waals surface area contributed by atoms with Crippen molar-refractivity contribution in [2.24, 2.45) is 11.8 Å². The minimum atomic E-state index is -0.0702. The Hall–Kier alpha value is -2.89. The maximum Gasteiger partial charge on any atom is 0.227 e. The number of carbonyl (C=O) groups excluding carboxylic acids is 2. The van der Waals surface area contributed by atoms with Crippen LogP contribution in [0.4, 0.5) is 5.69 Å². The first-order valence-corrected chi connectivity index (χ1v) is 9.28. The Kier molecular flexibility index (Phi) is 6.41. The van der Waals surface area contributed by atoms with Crippen LogP contribution in [0, 0.1) is 11.8 Å². The molecule has 2 amide bonds. The number of amides is 2. The fourth-order valence-corrected chi connectivity index (χ4v) is 3.43. The molecule has 0 atom stereocenters. The second kappa shape index (κ2) is 9.16. The highest BCUT2D eigenvalue weighted by Gasteiger charge is 2.30. The molecule has 1 heterocycles. The molecule has 6 nitrogen and oxygen atoms in total. The number of carbonyl (C=O) groups is 2. The van der Waals surface area contributed by atoms with E-state index >= 15 is 0 Å². The van der Waals surface area contributed by atoms with Gasteiger partial charge in [-0.15, -0.1) is 0 Å². The molecule has 1 aromatic heterocycles. The summed E-state index contributed by atoms with van der Waals surface area (Å²) in [6, 6.07) is 11.2. The molecule has 0 saturated heterocycles. The van der Waals surface area contributed by atoms with Gasteiger partial charge in [-0.25, -0.2) is 0 Å². The number of aromatic nitrogens is 1. The molecule has 1 saturated carbocycles. The van der Waals surface area contributed by atoms with Gasteiger partial charge < -0.3 is 15.4 Å².